The van der Waals surface area contributed by atoms with E-state index in [1.54, 1.807) is 12.1 Å². The van der Waals surface area contributed by atoms with Gasteiger partial charge in [-0.2, -0.15) is 0 Å². The fourth-order valence-corrected chi connectivity index (χ4v) is 1.88. The minimum absolute atomic E-state index is 0.339. The third kappa shape index (κ3) is 3.22. The van der Waals surface area contributed by atoms with Crippen molar-refractivity contribution in [2.24, 2.45) is 0 Å². The topological polar surface area (TPSA) is 46.5 Å². The number of hydrogen-bond donors (Lipinski definition) is 1. The summed E-state index contributed by atoms with van der Waals surface area (Å²) in [5, 5.41) is 8.72. The molecule has 3 heteroatoms. The van der Waals surface area contributed by atoms with Crippen LogP contribution in [0.1, 0.15) is 5.56 Å². The molecule has 0 spiro atoms. The van der Waals surface area contributed by atoms with Gasteiger partial charge < -0.3 is 9.84 Å². The summed E-state index contributed by atoms with van der Waals surface area (Å²) in [5.41, 5.74) is 2.84. The molecule has 0 unspecified atom stereocenters. The minimum Gasteiger partial charge on any atom is -0.449 e. The van der Waals surface area contributed by atoms with Crippen molar-refractivity contribution in [2.45, 2.75) is 6.42 Å². The third-order valence-corrected chi connectivity index (χ3v) is 2.73. The molecule has 0 aliphatic carbocycles. The van der Waals surface area contributed by atoms with E-state index >= 15 is 0 Å². The molecule has 96 valence electrons. The third-order valence-electron chi connectivity index (χ3n) is 2.73. The monoisotopic (exact) mass is 254 g/mol. The Bertz CT molecular complexity index is 585. The van der Waals surface area contributed by atoms with Crippen molar-refractivity contribution in [3.63, 3.8) is 0 Å². The fraction of sp³-hybridized carbons (Fsp3) is 0.0625. The van der Waals surface area contributed by atoms with Gasteiger partial charge in [0.05, 0.1) is 0 Å². The van der Waals surface area contributed by atoms with Crippen LogP contribution in [0, 0.1) is 0 Å². The van der Waals surface area contributed by atoms with Gasteiger partial charge in [0.1, 0.15) is 5.75 Å². The van der Waals surface area contributed by atoms with E-state index < -0.39 is 6.16 Å². The average Bonchev–Trinajstić information content (AvgIpc) is 2.40. The second-order valence-corrected chi connectivity index (χ2v) is 4.05. The second-order valence-electron chi connectivity index (χ2n) is 4.05. The van der Waals surface area contributed by atoms with Crippen LogP contribution in [0.25, 0.3) is 11.1 Å². The first kappa shape index (κ1) is 12.9. The van der Waals surface area contributed by atoms with Crippen molar-refractivity contribution in [1.82, 2.24) is 0 Å². The van der Waals surface area contributed by atoms with E-state index in [1.807, 2.05) is 42.5 Å². The first-order valence-electron chi connectivity index (χ1n) is 5.90. The van der Waals surface area contributed by atoms with Gasteiger partial charge in [0, 0.05) is 5.56 Å². The number of allylic oxidation sites excluding steroid dienone is 1. The molecule has 0 aromatic heterocycles. The van der Waals surface area contributed by atoms with Crippen LogP contribution >= 0.6 is 0 Å². The Labute approximate surface area is 111 Å². The predicted molar refractivity (Wildman–Crippen MR) is 74.4 cm³/mol. The van der Waals surface area contributed by atoms with Gasteiger partial charge in [0.15, 0.2) is 0 Å². The van der Waals surface area contributed by atoms with E-state index in [-0.39, 0.29) is 0 Å². The SMILES string of the molecule is C=CCc1ccc(-c2ccccc2OC(=O)O)cc1. The molecule has 0 fully saturated rings. The smallest absolute Gasteiger partial charge is 0.449 e. The normalized spacial score (nSPS) is 9.89. The summed E-state index contributed by atoms with van der Waals surface area (Å²) in [7, 11) is 0. The lowest BCUT2D eigenvalue weighted by molar-refractivity contribution is 0.144. The molecule has 19 heavy (non-hydrogen) atoms. The van der Waals surface area contributed by atoms with Gasteiger partial charge in [-0.1, -0.05) is 48.5 Å². The molecule has 0 aliphatic rings. The Kier molecular flexibility index (Phi) is 3.98. The number of ether oxygens (including phenoxy) is 1. The van der Waals surface area contributed by atoms with Crippen LogP contribution in [0.4, 0.5) is 4.79 Å². The maximum atomic E-state index is 10.7. The quantitative estimate of drug-likeness (QED) is 0.506. The molecule has 0 heterocycles. The Hall–Kier alpha value is -2.55. The highest BCUT2D eigenvalue weighted by Gasteiger charge is 2.08. The lowest BCUT2D eigenvalue weighted by Crippen LogP contribution is -2.03. The number of benzene rings is 2. The van der Waals surface area contributed by atoms with E-state index in [4.69, 9.17) is 9.84 Å². The number of para-hydroxylation sites is 1. The Morgan fingerprint density at radius 2 is 1.84 bits per heavy atom. The highest BCUT2D eigenvalue weighted by molar-refractivity contribution is 5.74. The van der Waals surface area contributed by atoms with Crippen LogP contribution in [0.3, 0.4) is 0 Å². The van der Waals surface area contributed by atoms with Gasteiger partial charge >= 0.3 is 6.16 Å². The first-order chi connectivity index (χ1) is 9.20. The molecular weight excluding hydrogens is 240 g/mol. The van der Waals surface area contributed by atoms with Crippen molar-refractivity contribution in [1.29, 1.82) is 0 Å². The van der Waals surface area contributed by atoms with Crippen LogP contribution in [0.2, 0.25) is 0 Å². The van der Waals surface area contributed by atoms with Crippen molar-refractivity contribution < 1.29 is 14.6 Å². The van der Waals surface area contributed by atoms with E-state index in [0.717, 1.165) is 23.1 Å². The summed E-state index contributed by atoms with van der Waals surface area (Å²) < 4.78 is 4.78. The molecule has 2 aromatic carbocycles. The zero-order valence-corrected chi connectivity index (χ0v) is 10.4. The molecule has 0 saturated carbocycles. The maximum Gasteiger partial charge on any atom is 0.511 e. The van der Waals surface area contributed by atoms with Crippen LogP contribution in [0.15, 0.2) is 61.2 Å². The molecular formula is C16H14O3. The zero-order valence-electron chi connectivity index (χ0n) is 10.4. The zero-order chi connectivity index (χ0) is 13.7. The van der Waals surface area contributed by atoms with E-state index in [1.165, 1.54) is 0 Å². The largest absolute Gasteiger partial charge is 0.511 e. The van der Waals surface area contributed by atoms with Crippen LogP contribution in [-0.4, -0.2) is 11.3 Å². The lowest BCUT2D eigenvalue weighted by Gasteiger charge is -2.08. The highest BCUT2D eigenvalue weighted by Crippen LogP contribution is 2.30. The standard InChI is InChI=1S/C16H14O3/c1-2-5-12-8-10-13(11-9-12)14-6-3-4-7-15(14)19-16(17)18/h2-4,6-11H,1,5H2,(H,17,18). The predicted octanol–water partition coefficient (Wildman–Crippen LogP) is 4.14. The van der Waals surface area contributed by atoms with Crippen molar-refractivity contribution >= 4 is 6.16 Å². The average molecular weight is 254 g/mol. The van der Waals surface area contributed by atoms with Gasteiger partial charge in [-0.25, -0.2) is 4.79 Å². The molecule has 3 nitrogen and oxygen atoms in total. The molecule has 2 rings (SSSR count). The Balaban J connectivity index is 2.35. The summed E-state index contributed by atoms with van der Waals surface area (Å²) >= 11 is 0. The van der Waals surface area contributed by atoms with E-state index in [0.29, 0.717) is 5.75 Å². The van der Waals surface area contributed by atoms with Crippen LogP contribution in [-0.2, 0) is 6.42 Å². The maximum absolute atomic E-state index is 10.7. The summed E-state index contributed by atoms with van der Waals surface area (Å²) in [4.78, 5) is 10.7. The molecule has 0 radical (unpaired) electrons. The summed E-state index contributed by atoms with van der Waals surface area (Å²) in [6, 6.07) is 15.0. The van der Waals surface area contributed by atoms with Gasteiger partial charge in [0.2, 0.25) is 0 Å². The van der Waals surface area contributed by atoms with Gasteiger partial charge in [-0.15, -0.1) is 6.58 Å². The Morgan fingerprint density at radius 1 is 1.16 bits per heavy atom. The molecule has 2 aromatic rings. The molecule has 0 bridgehead atoms. The van der Waals surface area contributed by atoms with Crippen LogP contribution < -0.4 is 4.74 Å². The molecule has 1 N–H and O–H groups in total. The van der Waals surface area contributed by atoms with Gasteiger partial charge in [0.25, 0.3) is 0 Å². The van der Waals surface area contributed by atoms with E-state index in [2.05, 4.69) is 6.58 Å². The van der Waals surface area contributed by atoms with Crippen LogP contribution in [0.5, 0.6) is 5.75 Å². The van der Waals surface area contributed by atoms with E-state index in [9.17, 15) is 4.79 Å². The van der Waals surface area contributed by atoms with Gasteiger partial charge in [-0.05, 0) is 23.6 Å². The molecule has 0 atom stereocenters. The number of carbonyl (C=O) groups is 1. The second kappa shape index (κ2) is 5.87. The fourth-order valence-electron chi connectivity index (χ4n) is 1.88. The summed E-state index contributed by atoms with van der Waals surface area (Å²) in [5.74, 6) is 0.339. The van der Waals surface area contributed by atoms with Crippen molar-refractivity contribution in [3.05, 3.63) is 66.7 Å². The number of hydrogen-bond acceptors (Lipinski definition) is 2. The Morgan fingerprint density at radius 3 is 2.47 bits per heavy atom. The summed E-state index contributed by atoms with van der Waals surface area (Å²) in [6.45, 7) is 3.70. The summed E-state index contributed by atoms with van der Waals surface area (Å²) in [6.07, 6.45) is 1.35. The van der Waals surface area contributed by atoms with Crippen molar-refractivity contribution in [3.8, 4) is 16.9 Å². The highest BCUT2D eigenvalue weighted by atomic mass is 16.7. The molecule has 0 aliphatic heterocycles. The molecule has 0 amide bonds. The molecule has 0 saturated heterocycles. The lowest BCUT2D eigenvalue weighted by atomic mass is 10.0. The minimum atomic E-state index is -1.31. The number of carboxylic acid groups (broad SMARTS) is 1. The van der Waals surface area contributed by atoms with Gasteiger partial charge in [-0.3, -0.25) is 0 Å². The first-order valence-corrected chi connectivity index (χ1v) is 5.90. The number of rotatable bonds is 4. The van der Waals surface area contributed by atoms with Crippen molar-refractivity contribution in [2.75, 3.05) is 0 Å².